The molecule has 0 spiro atoms. The molecular weight excluding hydrogens is 396 g/mol. The molecule has 0 saturated heterocycles. The van der Waals surface area contributed by atoms with Gasteiger partial charge in [-0.3, -0.25) is 9.59 Å². The van der Waals surface area contributed by atoms with E-state index in [4.69, 9.17) is 0 Å². The first-order valence-corrected chi connectivity index (χ1v) is 11.4. The lowest BCUT2D eigenvalue weighted by Crippen LogP contribution is -2.54. The first-order chi connectivity index (χ1) is 15.5. The van der Waals surface area contributed by atoms with Crippen LogP contribution in [0.1, 0.15) is 48.2 Å². The van der Waals surface area contributed by atoms with Crippen molar-refractivity contribution in [2.24, 2.45) is 5.92 Å². The number of hydrogen-bond donors (Lipinski definition) is 1. The SMILES string of the molecule is CCC[C@H](C(=O)N1CCc2ccccc21)[C@](C)(NC(=O)c1ccccc1)c1ccccc1. The molecule has 3 aromatic carbocycles. The van der Waals surface area contributed by atoms with Crippen molar-refractivity contribution in [2.45, 2.75) is 38.6 Å². The highest BCUT2D eigenvalue weighted by atomic mass is 16.2. The maximum absolute atomic E-state index is 14.0. The topological polar surface area (TPSA) is 49.4 Å². The van der Waals surface area contributed by atoms with Crippen LogP contribution >= 0.6 is 0 Å². The summed E-state index contributed by atoms with van der Waals surface area (Å²) in [6, 6.07) is 27.2. The van der Waals surface area contributed by atoms with Crippen LogP contribution in [0, 0.1) is 5.92 Å². The number of rotatable bonds is 7. The molecule has 2 amide bonds. The Balaban J connectivity index is 1.74. The van der Waals surface area contributed by atoms with Crippen molar-refractivity contribution in [1.82, 2.24) is 5.32 Å². The van der Waals surface area contributed by atoms with Crippen LogP contribution < -0.4 is 10.2 Å². The molecule has 0 fully saturated rings. The second-order valence-electron chi connectivity index (χ2n) is 8.60. The summed E-state index contributed by atoms with van der Waals surface area (Å²) in [5, 5.41) is 3.25. The Hall–Kier alpha value is -3.40. The number of hydrogen-bond acceptors (Lipinski definition) is 2. The van der Waals surface area contributed by atoms with Crippen molar-refractivity contribution in [3.63, 3.8) is 0 Å². The van der Waals surface area contributed by atoms with Gasteiger partial charge in [-0.1, -0.05) is 80.1 Å². The second-order valence-corrected chi connectivity index (χ2v) is 8.60. The minimum atomic E-state index is -0.848. The summed E-state index contributed by atoms with van der Waals surface area (Å²) in [6.07, 6.45) is 2.38. The molecule has 4 nitrogen and oxygen atoms in total. The second kappa shape index (κ2) is 9.39. The van der Waals surface area contributed by atoms with E-state index >= 15 is 0 Å². The molecule has 0 unspecified atom stereocenters. The molecule has 0 aromatic heterocycles. The van der Waals surface area contributed by atoms with Crippen molar-refractivity contribution in [2.75, 3.05) is 11.4 Å². The molecule has 4 rings (SSSR count). The zero-order valence-corrected chi connectivity index (χ0v) is 18.8. The molecule has 1 heterocycles. The summed E-state index contributed by atoms with van der Waals surface area (Å²) in [7, 11) is 0. The Labute approximate surface area is 190 Å². The smallest absolute Gasteiger partial charge is 0.251 e. The van der Waals surface area contributed by atoms with Gasteiger partial charge < -0.3 is 10.2 Å². The number of benzene rings is 3. The van der Waals surface area contributed by atoms with Crippen LogP contribution in [-0.2, 0) is 16.8 Å². The lowest BCUT2D eigenvalue weighted by molar-refractivity contribution is -0.125. The molecule has 0 bridgehead atoms. The maximum Gasteiger partial charge on any atom is 0.251 e. The number of nitrogens with one attached hydrogen (secondary N) is 1. The van der Waals surface area contributed by atoms with Gasteiger partial charge in [0.05, 0.1) is 11.5 Å². The first kappa shape index (κ1) is 21.8. The molecule has 1 N–H and O–H groups in total. The van der Waals surface area contributed by atoms with E-state index in [9.17, 15) is 9.59 Å². The first-order valence-electron chi connectivity index (χ1n) is 11.4. The van der Waals surface area contributed by atoms with E-state index in [0.29, 0.717) is 18.5 Å². The summed E-state index contributed by atoms with van der Waals surface area (Å²) in [5.41, 5.74) is 2.86. The van der Waals surface area contributed by atoms with E-state index in [-0.39, 0.29) is 11.8 Å². The number of nitrogens with zero attached hydrogens (tertiary/aromatic N) is 1. The largest absolute Gasteiger partial charge is 0.342 e. The van der Waals surface area contributed by atoms with E-state index in [1.54, 1.807) is 12.1 Å². The zero-order valence-electron chi connectivity index (χ0n) is 18.8. The Morgan fingerprint density at radius 2 is 1.56 bits per heavy atom. The van der Waals surface area contributed by atoms with Gasteiger partial charge in [0.2, 0.25) is 5.91 Å². The molecule has 0 radical (unpaired) electrons. The zero-order chi connectivity index (χ0) is 22.6. The van der Waals surface area contributed by atoms with Gasteiger partial charge in [-0.05, 0) is 49.1 Å². The maximum atomic E-state index is 14.0. The Morgan fingerprint density at radius 1 is 0.938 bits per heavy atom. The average molecular weight is 427 g/mol. The third kappa shape index (κ3) is 4.18. The van der Waals surface area contributed by atoms with Gasteiger partial charge in [0.15, 0.2) is 0 Å². The van der Waals surface area contributed by atoms with E-state index in [1.807, 2.05) is 78.6 Å². The van der Waals surface area contributed by atoms with Crippen molar-refractivity contribution in [1.29, 1.82) is 0 Å². The molecule has 1 aliphatic rings. The van der Waals surface area contributed by atoms with Gasteiger partial charge in [-0.25, -0.2) is 0 Å². The number of amides is 2. The predicted octanol–water partition coefficient (Wildman–Crippen LogP) is 5.34. The highest BCUT2D eigenvalue weighted by Gasteiger charge is 2.44. The van der Waals surface area contributed by atoms with E-state index in [2.05, 4.69) is 18.3 Å². The van der Waals surface area contributed by atoms with Gasteiger partial charge in [0, 0.05) is 17.8 Å². The Bertz CT molecular complexity index is 1080. The van der Waals surface area contributed by atoms with Crippen LogP contribution in [0.15, 0.2) is 84.9 Å². The molecule has 164 valence electrons. The monoisotopic (exact) mass is 426 g/mol. The molecule has 4 heteroatoms. The van der Waals surface area contributed by atoms with Gasteiger partial charge in [-0.2, -0.15) is 0 Å². The van der Waals surface area contributed by atoms with E-state index in [0.717, 1.165) is 24.1 Å². The summed E-state index contributed by atoms with van der Waals surface area (Å²) in [4.78, 5) is 29.2. The van der Waals surface area contributed by atoms with Gasteiger partial charge >= 0.3 is 0 Å². The predicted molar refractivity (Wildman–Crippen MR) is 129 cm³/mol. The lowest BCUT2D eigenvalue weighted by Gasteiger charge is -2.40. The van der Waals surface area contributed by atoms with Crippen molar-refractivity contribution < 1.29 is 9.59 Å². The third-order valence-electron chi connectivity index (χ3n) is 6.51. The molecule has 3 aromatic rings. The van der Waals surface area contributed by atoms with Gasteiger partial charge in [0.25, 0.3) is 5.91 Å². The van der Waals surface area contributed by atoms with Crippen LogP contribution in [0.5, 0.6) is 0 Å². The van der Waals surface area contributed by atoms with E-state index in [1.165, 1.54) is 5.56 Å². The number of carbonyl (C=O) groups excluding carboxylic acids is 2. The quantitative estimate of drug-likeness (QED) is 0.555. The fourth-order valence-corrected chi connectivity index (χ4v) is 4.75. The minimum absolute atomic E-state index is 0.0662. The van der Waals surface area contributed by atoms with Crippen LogP contribution in [0.2, 0.25) is 0 Å². The summed E-state index contributed by atoms with van der Waals surface area (Å²) >= 11 is 0. The molecular formula is C28H30N2O2. The summed E-state index contributed by atoms with van der Waals surface area (Å²) in [5.74, 6) is -0.502. The van der Waals surface area contributed by atoms with Crippen LogP contribution in [-0.4, -0.2) is 18.4 Å². The number of para-hydroxylation sites is 1. The van der Waals surface area contributed by atoms with Crippen molar-refractivity contribution >= 4 is 17.5 Å². The average Bonchev–Trinajstić information content (AvgIpc) is 3.27. The highest BCUT2D eigenvalue weighted by molar-refractivity contribution is 5.99. The number of fused-ring (bicyclic) bond motifs is 1. The molecule has 32 heavy (non-hydrogen) atoms. The van der Waals surface area contributed by atoms with Gasteiger partial charge in [-0.15, -0.1) is 0 Å². The number of anilines is 1. The fraction of sp³-hybridized carbons (Fsp3) is 0.286. The fourth-order valence-electron chi connectivity index (χ4n) is 4.75. The van der Waals surface area contributed by atoms with E-state index < -0.39 is 11.5 Å². The van der Waals surface area contributed by atoms with Crippen LogP contribution in [0.3, 0.4) is 0 Å². The lowest BCUT2D eigenvalue weighted by atomic mass is 9.76. The normalized spacial score (nSPS) is 15.5. The highest BCUT2D eigenvalue weighted by Crippen LogP contribution is 2.37. The number of carbonyl (C=O) groups is 2. The Kier molecular flexibility index (Phi) is 6.40. The molecule has 0 saturated carbocycles. The third-order valence-corrected chi connectivity index (χ3v) is 6.51. The van der Waals surface area contributed by atoms with Gasteiger partial charge in [0.1, 0.15) is 0 Å². The van der Waals surface area contributed by atoms with Crippen LogP contribution in [0.4, 0.5) is 5.69 Å². The standard InChI is InChI=1S/C28H30N2O2/c1-3-12-24(27(32)30-20-19-21-13-10-11-18-25(21)30)28(2,23-16-8-5-9-17-23)29-26(31)22-14-6-4-7-15-22/h4-11,13-18,24H,3,12,19-20H2,1-2H3,(H,29,31)/t24-,28-/m1/s1. The summed E-state index contributed by atoms with van der Waals surface area (Å²) in [6.45, 7) is 4.75. The minimum Gasteiger partial charge on any atom is -0.342 e. The van der Waals surface area contributed by atoms with Crippen molar-refractivity contribution in [3.8, 4) is 0 Å². The van der Waals surface area contributed by atoms with Crippen molar-refractivity contribution in [3.05, 3.63) is 102 Å². The van der Waals surface area contributed by atoms with Crippen LogP contribution in [0.25, 0.3) is 0 Å². The summed E-state index contributed by atoms with van der Waals surface area (Å²) < 4.78 is 0. The molecule has 1 aliphatic heterocycles. The molecule has 2 atom stereocenters. The molecule has 0 aliphatic carbocycles. The Morgan fingerprint density at radius 3 is 2.25 bits per heavy atom.